The number of aromatic nitrogens is 2. The third-order valence-corrected chi connectivity index (χ3v) is 3.12. The van der Waals surface area contributed by atoms with Gasteiger partial charge >= 0.3 is 5.97 Å². The smallest absolute Gasteiger partial charge is 0.303 e. The van der Waals surface area contributed by atoms with E-state index in [-0.39, 0.29) is 12.2 Å². The number of carboxylic acid groups (broad SMARTS) is 1. The van der Waals surface area contributed by atoms with Gasteiger partial charge in [0.15, 0.2) is 0 Å². The summed E-state index contributed by atoms with van der Waals surface area (Å²) in [5.41, 5.74) is 3.43. The van der Waals surface area contributed by atoms with Crippen LogP contribution in [0.15, 0.2) is 24.3 Å². The number of carbonyl (C=O) groups is 1. The molecule has 0 aliphatic heterocycles. The highest BCUT2D eigenvalue weighted by Crippen LogP contribution is 2.25. The lowest BCUT2D eigenvalue weighted by Crippen LogP contribution is -2.03. The molecular formula is C14H15FN2O2. The minimum Gasteiger partial charge on any atom is -0.481 e. The van der Waals surface area contributed by atoms with E-state index in [0.717, 1.165) is 22.5 Å². The van der Waals surface area contributed by atoms with Crippen molar-refractivity contribution in [3.05, 3.63) is 41.3 Å². The van der Waals surface area contributed by atoms with Crippen molar-refractivity contribution in [3.8, 4) is 11.3 Å². The maximum absolute atomic E-state index is 12.9. The van der Waals surface area contributed by atoms with E-state index < -0.39 is 5.97 Å². The van der Waals surface area contributed by atoms with Crippen molar-refractivity contribution in [1.82, 2.24) is 9.78 Å². The molecule has 5 heteroatoms. The Morgan fingerprint density at radius 2 is 2.00 bits per heavy atom. The lowest BCUT2D eigenvalue weighted by Gasteiger charge is -2.01. The van der Waals surface area contributed by atoms with Crippen LogP contribution >= 0.6 is 0 Å². The van der Waals surface area contributed by atoms with Crippen molar-refractivity contribution in [2.45, 2.75) is 19.8 Å². The lowest BCUT2D eigenvalue weighted by atomic mass is 10.0. The Kier molecular flexibility index (Phi) is 3.64. The van der Waals surface area contributed by atoms with Crippen LogP contribution in [0.2, 0.25) is 0 Å². The third kappa shape index (κ3) is 2.81. The minimum absolute atomic E-state index is 0.0726. The molecule has 4 nitrogen and oxygen atoms in total. The molecule has 2 aromatic rings. The molecule has 19 heavy (non-hydrogen) atoms. The van der Waals surface area contributed by atoms with Gasteiger partial charge in [0, 0.05) is 24.7 Å². The van der Waals surface area contributed by atoms with Crippen molar-refractivity contribution in [2.24, 2.45) is 7.05 Å². The van der Waals surface area contributed by atoms with E-state index in [2.05, 4.69) is 5.10 Å². The molecule has 0 atom stereocenters. The van der Waals surface area contributed by atoms with Crippen LogP contribution in [0.4, 0.5) is 4.39 Å². The quantitative estimate of drug-likeness (QED) is 0.921. The topological polar surface area (TPSA) is 55.1 Å². The molecule has 2 rings (SSSR count). The Morgan fingerprint density at radius 3 is 2.58 bits per heavy atom. The number of aliphatic carboxylic acids is 1. The van der Waals surface area contributed by atoms with Crippen LogP contribution in [-0.2, 0) is 18.3 Å². The van der Waals surface area contributed by atoms with E-state index >= 15 is 0 Å². The van der Waals surface area contributed by atoms with Gasteiger partial charge < -0.3 is 5.11 Å². The Hall–Kier alpha value is -2.17. The van der Waals surface area contributed by atoms with Crippen LogP contribution in [0.1, 0.15) is 17.7 Å². The number of carboxylic acids is 1. The van der Waals surface area contributed by atoms with Crippen molar-refractivity contribution >= 4 is 5.97 Å². The predicted octanol–water partition coefficient (Wildman–Crippen LogP) is 2.55. The zero-order valence-electron chi connectivity index (χ0n) is 10.9. The molecule has 1 N–H and O–H groups in total. The van der Waals surface area contributed by atoms with Gasteiger partial charge in [0.1, 0.15) is 5.82 Å². The molecule has 100 valence electrons. The molecule has 0 aliphatic carbocycles. The van der Waals surface area contributed by atoms with Gasteiger partial charge in [0.2, 0.25) is 0 Å². The first-order valence-electron chi connectivity index (χ1n) is 5.99. The molecule has 0 unspecified atom stereocenters. The van der Waals surface area contributed by atoms with E-state index in [4.69, 9.17) is 5.11 Å². The number of aryl methyl sites for hydroxylation is 1. The predicted molar refractivity (Wildman–Crippen MR) is 69.3 cm³/mol. The second kappa shape index (κ2) is 5.22. The highest BCUT2D eigenvalue weighted by Gasteiger charge is 2.14. The summed E-state index contributed by atoms with van der Waals surface area (Å²) in [6.45, 7) is 1.91. The summed E-state index contributed by atoms with van der Waals surface area (Å²) >= 11 is 0. The largest absolute Gasteiger partial charge is 0.481 e. The van der Waals surface area contributed by atoms with E-state index in [1.807, 2.05) is 6.92 Å². The lowest BCUT2D eigenvalue weighted by molar-refractivity contribution is -0.136. The van der Waals surface area contributed by atoms with Crippen LogP contribution in [0.3, 0.4) is 0 Å². The number of hydrogen-bond donors (Lipinski definition) is 1. The fourth-order valence-electron chi connectivity index (χ4n) is 2.12. The fourth-order valence-corrected chi connectivity index (χ4v) is 2.12. The van der Waals surface area contributed by atoms with Crippen molar-refractivity contribution < 1.29 is 14.3 Å². The van der Waals surface area contributed by atoms with Gasteiger partial charge in [-0.1, -0.05) is 0 Å². The van der Waals surface area contributed by atoms with Gasteiger partial charge in [0.05, 0.1) is 12.1 Å². The summed E-state index contributed by atoms with van der Waals surface area (Å²) < 4.78 is 14.6. The third-order valence-electron chi connectivity index (χ3n) is 3.12. The number of halogens is 1. The van der Waals surface area contributed by atoms with Gasteiger partial charge in [0.25, 0.3) is 0 Å². The van der Waals surface area contributed by atoms with Crippen molar-refractivity contribution in [2.75, 3.05) is 0 Å². The SMILES string of the molecule is Cc1c(-c2ccc(F)cc2)nn(C)c1CCC(=O)O. The van der Waals surface area contributed by atoms with Crippen molar-refractivity contribution in [3.63, 3.8) is 0 Å². The highest BCUT2D eigenvalue weighted by atomic mass is 19.1. The maximum Gasteiger partial charge on any atom is 0.303 e. The normalized spacial score (nSPS) is 10.7. The number of nitrogens with zero attached hydrogens (tertiary/aromatic N) is 2. The Morgan fingerprint density at radius 1 is 1.37 bits per heavy atom. The standard InChI is InChI=1S/C14H15FN2O2/c1-9-12(7-8-13(18)19)17(2)16-14(9)10-3-5-11(15)6-4-10/h3-6H,7-8H2,1-2H3,(H,18,19). The Balaban J connectivity index is 2.35. The van der Waals surface area contributed by atoms with E-state index in [1.54, 1.807) is 23.9 Å². The molecule has 0 amide bonds. The molecule has 0 aliphatic rings. The van der Waals surface area contributed by atoms with Gasteiger partial charge in [-0.15, -0.1) is 0 Å². The van der Waals surface area contributed by atoms with Crippen LogP contribution < -0.4 is 0 Å². The minimum atomic E-state index is -0.830. The van der Waals surface area contributed by atoms with Crippen molar-refractivity contribution in [1.29, 1.82) is 0 Å². The average molecular weight is 262 g/mol. The monoisotopic (exact) mass is 262 g/mol. The summed E-state index contributed by atoms with van der Waals surface area (Å²) in [5.74, 6) is -1.12. The Bertz CT molecular complexity index is 603. The van der Waals surface area contributed by atoms with Gasteiger partial charge in [-0.25, -0.2) is 4.39 Å². The maximum atomic E-state index is 12.9. The molecule has 0 bridgehead atoms. The first kappa shape index (κ1) is 13.3. The van der Waals surface area contributed by atoms with E-state index in [0.29, 0.717) is 6.42 Å². The molecule has 0 saturated heterocycles. The zero-order chi connectivity index (χ0) is 14.0. The van der Waals surface area contributed by atoms with Crippen LogP contribution in [-0.4, -0.2) is 20.9 Å². The van der Waals surface area contributed by atoms with E-state index in [9.17, 15) is 9.18 Å². The average Bonchev–Trinajstić information content (AvgIpc) is 2.63. The number of benzene rings is 1. The molecule has 1 heterocycles. The number of hydrogen-bond acceptors (Lipinski definition) is 2. The molecule has 1 aromatic heterocycles. The molecule has 0 saturated carbocycles. The van der Waals surface area contributed by atoms with E-state index in [1.165, 1.54) is 12.1 Å². The molecular weight excluding hydrogens is 247 g/mol. The fraction of sp³-hybridized carbons (Fsp3) is 0.286. The van der Waals surface area contributed by atoms with Crippen LogP contribution in [0.5, 0.6) is 0 Å². The molecule has 0 fully saturated rings. The first-order valence-corrected chi connectivity index (χ1v) is 5.99. The van der Waals surface area contributed by atoms with Crippen LogP contribution in [0, 0.1) is 12.7 Å². The second-order valence-electron chi connectivity index (χ2n) is 4.44. The Labute approximate surface area is 110 Å². The summed E-state index contributed by atoms with van der Waals surface area (Å²) in [7, 11) is 1.79. The van der Waals surface area contributed by atoms with Gasteiger partial charge in [-0.05, 0) is 36.8 Å². The summed E-state index contributed by atoms with van der Waals surface area (Å²) in [5, 5.41) is 13.1. The highest BCUT2D eigenvalue weighted by molar-refractivity contribution is 5.68. The van der Waals surface area contributed by atoms with Crippen LogP contribution in [0.25, 0.3) is 11.3 Å². The van der Waals surface area contributed by atoms with Gasteiger partial charge in [-0.3, -0.25) is 9.48 Å². The number of rotatable bonds is 4. The molecule has 1 aromatic carbocycles. The summed E-state index contributed by atoms with van der Waals surface area (Å²) in [6.07, 6.45) is 0.509. The van der Waals surface area contributed by atoms with Gasteiger partial charge in [-0.2, -0.15) is 5.10 Å². The summed E-state index contributed by atoms with van der Waals surface area (Å²) in [4.78, 5) is 10.6. The second-order valence-corrected chi connectivity index (χ2v) is 4.44. The molecule has 0 spiro atoms. The zero-order valence-corrected chi connectivity index (χ0v) is 10.9. The summed E-state index contributed by atoms with van der Waals surface area (Å²) in [6, 6.07) is 6.12. The first-order chi connectivity index (χ1) is 8.99. The molecule has 0 radical (unpaired) electrons.